The number of likely N-dealkylation sites (tertiary alicyclic amines) is 1. The van der Waals surface area contributed by atoms with Crippen molar-refractivity contribution in [2.45, 2.75) is 70.8 Å². The average Bonchev–Trinajstić information content (AvgIpc) is 2.94. The summed E-state index contributed by atoms with van der Waals surface area (Å²) in [6.45, 7) is 12.4. The molecule has 148 valence electrons. The molecule has 0 unspecified atom stereocenters. The first-order valence-electron chi connectivity index (χ1n) is 9.81. The Morgan fingerprint density at radius 1 is 1.22 bits per heavy atom. The third-order valence-electron chi connectivity index (χ3n) is 5.32. The van der Waals surface area contributed by atoms with E-state index in [1.165, 1.54) is 18.2 Å². The van der Waals surface area contributed by atoms with E-state index in [9.17, 15) is 9.59 Å². The summed E-state index contributed by atoms with van der Waals surface area (Å²) in [6, 6.07) is 0. The Morgan fingerprint density at radius 2 is 1.89 bits per heavy atom. The van der Waals surface area contributed by atoms with Crippen molar-refractivity contribution in [3.05, 3.63) is 20.8 Å². The van der Waals surface area contributed by atoms with Gasteiger partial charge in [0.1, 0.15) is 4.83 Å². The highest BCUT2D eigenvalue weighted by Crippen LogP contribution is 2.32. The lowest BCUT2D eigenvalue weighted by Gasteiger charge is -2.31. The summed E-state index contributed by atoms with van der Waals surface area (Å²) >= 11 is 3.03. The molecule has 27 heavy (non-hydrogen) atoms. The number of hydrogen-bond donors (Lipinski definition) is 0. The zero-order chi connectivity index (χ0) is 19.7. The molecule has 1 atom stereocenters. The minimum absolute atomic E-state index is 0.0137. The van der Waals surface area contributed by atoms with Crippen LogP contribution in [0.2, 0.25) is 0 Å². The van der Waals surface area contributed by atoms with Gasteiger partial charge in [0.2, 0.25) is 5.91 Å². The summed E-state index contributed by atoms with van der Waals surface area (Å²) in [5, 5.41) is 1.18. The van der Waals surface area contributed by atoms with Gasteiger partial charge in [0.25, 0.3) is 5.56 Å². The fraction of sp³-hybridized carbons (Fsp3) is 0.650. The van der Waals surface area contributed by atoms with Crippen LogP contribution in [0.5, 0.6) is 0 Å². The van der Waals surface area contributed by atoms with Crippen molar-refractivity contribution >= 4 is 39.2 Å². The summed E-state index contributed by atoms with van der Waals surface area (Å²) < 4.78 is 1.73. The van der Waals surface area contributed by atoms with Gasteiger partial charge in [-0.3, -0.25) is 14.2 Å². The molecule has 1 fully saturated rings. The molecule has 0 bridgehead atoms. The van der Waals surface area contributed by atoms with E-state index >= 15 is 0 Å². The Morgan fingerprint density at radius 3 is 2.48 bits per heavy atom. The van der Waals surface area contributed by atoms with E-state index in [1.54, 1.807) is 15.9 Å². The average molecular weight is 408 g/mol. The Labute approximate surface area is 169 Å². The van der Waals surface area contributed by atoms with Crippen LogP contribution >= 0.6 is 23.1 Å². The van der Waals surface area contributed by atoms with E-state index in [2.05, 4.69) is 13.8 Å². The number of hydrogen-bond acceptors (Lipinski definition) is 5. The van der Waals surface area contributed by atoms with Crippen molar-refractivity contribution in [2.75, 3.05) is 13.1 Å². The number of piperidine rings is 1. The molecule has 2 aromatic rings. The minimum Gasteiger partial charge on any atom is -0.342 e. The number of fused-ring (bicyclic) bond motifs is 1. The summed E-state index contributed by atoms with van der Waals surface area (Å²) in [5.74, 6) is 0.361. The number of thiophene rings is 1. The number of rotatable bonds is 5. The van der Waals surface area contributed by atoms with Crippen LogP contribution in [0.25, 0.3) is 10.2 Å². The standard InChI is InChI=1S/C20H29N3O2S2/c1-6-23-18(24)15-13(4)14(5)26-17(15)21-20(23)27-16(12(2)3)19(25)22-10-8-7-9-11-22/h12,16H,6-11H2,1-5H3/t16-/m1/s1. The van der Waals surface area contributed by atoms with Crippen molar-refractivity contribution in [1.82, 2.24) is 14.5 Å². The Balaban J connectivity index is 1.99. The maximum Gasteiger partial charge on any atom is 0.263 e. The van der Waals surface area contributed by atoms with Gasteiger partial charge in [-0.15, -0.1) is 11.3 Å². The zero-order valence-electron chi connectivity index (χ0n) is 16.9. The smallest absolute Gasteiger partial charge is 0.263 e. The summed E-state index contributed by atoms with van der Waals surface area (Å²) in [4.78, 5) is 34.9. The van der Waals surface area contributed by atoms with Crippen molar-refractivity contribution in [3.63, 3.8) is 0 Å². The second kappa shape index (κ2) is 8.35. The highest BCUT2D eigenvalue weighted by atomic mass is 32.2. The van der Waals surface area contributed by atoms with Crippen LogP contribution < -0.4 is 5.56 Å². The van der Waals surface area contributed by atoms with Gasteiger partial charge in [-0.05, 0) is 51.5 Å². The van der Waals surface area contributed by atoms with Gasteiger partial charge in [-0.2, -0.15) is 0 Å². The monoisotopic (exact) mass is 407 g/mol. The molecule has 3 heterocycles. The molecule has 0 radical (unpaired) electrons. The fourth-order valence-corrected chi connectivity index (χ4v) is 5.87. The largest absolute Gasteiger partial charge is 0.342 e. The first kappa shape index (κ1) is 20.4. The molecule has 1 amide bonds. The molecule has 1 saturated heterocycles. The third-order valence-corrected chi connectivity index (χ3v) is 7.94. The highest BCUT2D eigenvalue weighted by Gasteiger charge is 2.31. The van der Waals surface area contributed by atoms with Crippen molar-refractivity contribution < 1.29 is 4.79 Å². The number of nitrogens with zero attached hydrogens (tertiary/aromatic N) is 3. The van der Waals surface area contributed by atoms with Crippen molar-refractivity contribution in [2.24, 2.45) is 5.92 Å². The molecule has 1 aliphatic heterocycles. The second-order valence-corrected chi connectivity index (χ2v) is 9.89. The number of aryl methyl sites for hydroxylation is 2. The minimum atomic E-state index is -0.215. The van der Waals surface area contributed by atoms with Crippen molar-refractivity contribution in [3.8, 4) is 0 Å². The van der Waals surface area contributed by atoms with Gasteiger partial charge >= 0.3 is 0 Å². The molecule has 1 aliphatic rings. The molecule has 0 N–H and O–H groups in total. The molecule has 0 spiro atoms. The van der Waals surface area contributed by atoms with E-state index in [1.807, 2.05) is 25.7 Å². The lowest BCUT2D eigenvalue weighted by atomic mass is 10.1. The molecule has 0 saturated carbocycles. The zero-order valence-corrected chi connectivity index (χ0v) is 18.5. The first-order chi connectivity index (χ1) is 12.8. The van der Waals surface area contributed by atoms with Crippen molar-refractivity contribution in [1.29, 1.82) is 0 Å². The van der Waals surface area contributed by atoms with Crippen LogP contribution in [0.3, 0.4) is 0 Å². The number of carbonyl (C=O) groups excluding carboxylic acids is 1. The number of thioether (sulfide) groups is 1. The molecule has 0 aliphatic carbocycles. The number of amides is 1. The van der Waals surface area contributed by atoms with E-state index in [0.717, 1.165) is 46.6 Å². The Bertz CT molecular complexity index is 895. The van der Waals surface area contributed by atoms with E-state index in [4.69, 9.17) is 4.98 Å². The van der Waals surface area contributed by atoms with E-state index < -0.39 is 0 Å². The van der Waals surface area contributed by atoms with E-state index in [0.29, 0.717) is 11.7 Å². The van der Waals surface area contributed by atoms with Crippen LogP contribution in [0.15, 0.2) is 9.95 Å². The van der Waals surface area contributed by atoms with Gasteiger partial charge < -0.3 is 4.90 Å². The SMILES string of the molecule is CCn1c(S[C@@H](C(=O)N2CCCCC2)C(C)C)nc2sc(C)c(C)c2c1=O. The Kier molecular flexibility index (Phi) is 6.31. The fourth-order valence-electron chi connectivity index (χ4n) is 3.56. The molecule has 2 aromatic heterocycles. The van der Waals surface area contributed by atoms with Crippen LogP contribution in [0.4, 0.5) is 0 Å². The molecule has 7 heteroatoms. The highest BCUT2D eigenvalue weighted by molar-refractivity contribution is 8.00. The predicted molar refractivity (Wildman–Crippen MR) is 114 cm³/mol. The van der Waals surface area contributed by atoms with Crippen LogP contribution in [0.1, 0.15) is 50.5 Å². The molecular formula is C20H29N3O2S2. The van der Waals surface area contributed by atoms with Crippen LogP contribution in [0, 0.1) is 19.8 Å². The quantitative estimate of drug-likeness (QED) is 0.550. The topological polar surface area (TPSA) is 55.2 Å². The van der Waals surface area contributed by atoms with Crippen LogP contribution in [-0.4, -0.2) is 38.7 Å². The summed E-state index contributed by atoms with van der Waals surface area (Å²) in [6.07, 6.45) is 3.37. The molecule has 5 nitrogen and oxygen atoms in total. The number of aromatic nitrogens is 2. The maximum atomic E-state index is 13.1. The maximum absolute atomic E-state index is 13.1. The molecular weight excluding hydrogens is 378 g/mol. The second-order valence-electron chi connectivity index (χ2n) is 7.58. The Hall–Kier alpha value is -1.34. The van der Waals surface area contributed by atoms with Gasteiger partial charge in [0.15, 0.2) is 5.16 Å². The first-order valence-corrected chi connectivity index (χ1v) is 11.5. The van der Waals surface area contributed by atoms with E-state index in [-0.39, 0.29) is 22.6 Å². The van der Waals surface area contributed by atoms with Gasteiger partial charge in [0, 0.05) is 24.5 Å². The van der Waals surface area contributed by atoms with Gasteiger partial charge in [-0.25, -0.2) is 4.98 Å². The number of carbonyl (C=O) groups is 1. The van der Waals surface area contributed by atoms with Gasteiger partial charge in [0.05, 0.1) is 10.6 Å². The lowest BCUT2D eigenvalue weighted by molar-refractivity contribution is -0.132. The summed E-state index contributed by atoms with van der Waals surface area (Å²) in [5.41, 5.74) is 1.04. The predicted octanol–water partition coefficient (Wildman–Crippen LogP) is 4.22. The molecule has 3 rings (SSSR count). The summed E-state index contributed by atoms with van der Waals surface area (Å²) in [7, 11) is 0. The third kappa shape index (κ3) is 3.94. The molecule has 0 aromatic carbocycles. The lowest BCUT2D eigenvalue weighted by Crippen LogP contribution is -2.43. The van der Waals surface area contributed by atoms with Crippen LogP contribution in [-0.2, 0) is 11.3 Å². The van der Waals surface area contributed by atoms with Gasteiger partial charge in [-0.1, -0.05) is 25.6 Å². The normalized spacial score (nSPS) is 16.3.